The molecule has 0 amide bonds. The fraction of sp³-hybridized carbons (Fsp3) is 0.625. The number of nitrogens with one attached hydrogen (secondary N) is 1. The lowest BCUT2D eigenvalue weighted by atomic mass is 10.0. The zero-order chi connectivity index (χ0) is 13.1. The molecular weight excluding hydrogens is 236 g/mol. The summed E-state index contributed by atoms with van der Waals surface area (Å²) in [6, 6.07) is 6.46. The standard InChI is InChI=1S/C16H24N2O/c1-13-4-3-9-18(10-7-13)12-14-5-2-6-15-16(14)19-11-8-17-15/h2,5-6,13,17H,3-4,7-12H2,1H3. The molecule has 0 saturated carbocycles. The van der Waals surface area contributed by atoms with Gasteiger partial charge in [-0.1, -0.05) is 19.1 Å². The molecule has 1 aromatic carbocycles. The van der Waals surface area contributed by atoms with Crippen LogP contribution in [0, 0.1) is 5.92 Å². The minimum atomic E-state index is 0.779. The van der Waals surface area contributed by atoms with Crippen molar-refractivity contribution in [3.63, 3.8) is 0 Å². The van der Waals surface area contributed by atoms with E-state index in [4.69, 9.17) is 4.74 Å². The SMILES string of the molecule is CC1CCCN(Cc2cccc3c2OCCN3)CC1. The van der Waals surface area contributed by atoms with Gasteiger partial charge in [0.05, 0.1) is 5.69 Å². The number of hydrogen-bond acceptors (Lipinski definition) is 3. The van der Waals surface area contributed by atoms with Crippen LogP contribution in [0.15, 0.2) is 18.2 Å². The number of hydrogen-bond donors (Lipinski definition) is 1. The molecule has 19 heavy (non-hydrogen) atoms. The van der Waals surface area contributed by atoms with E-state index in [0.717, 1.165) is 37.1 Å². The lowest BCUT2D eigenvalue weighted by molar-refractivity contribution is 0.262. The first-order chi connectivity index (χ1) is 9.33. The molecule has 0 radical (unpaired) electrons. The summed E-state index contributed by atoms with van der Waals surface area (Å²) in [7, 11) is 0. The number of anilines is 1. The van der Waals surface area contributed by atoms with Gasteiger partial charge in [0.15, 0.2) is 0 Å². The number of para-hydroxylation sites is 1. The molecule has 1 fully saturated rings. The van der Waals surface area contributed by atoms with Crippen LogP contribution in [0.5, 0.6) is 5.75 Å². The molecule has 2 aliphatic rings. The second kappa shape index (κ2) is 5.83. The molecule has 2 heterocycles. The lowest BCUT2D eigenvalue weighted by Crippen LogP contribution is -2.26. The Balaban J connectivity index is 1.72. The maximum atomic E-state index is 5.86. The Kier molecular flexibility index (Phi) is 3.92. The van der Waals surface area contributed by atoms with E-state index in [1.165, 1.54) is 37.9 Å². The minimum absolute atomic E-state index is 0.779. The molecule has 0 aliphatic carbocycles. The van der Waals surface area contributed by atoms with Crippen LogP contribution in [-0.4, -0.2) is 31.1 Å². The average Bonchev–Trinajstić information content (AvgIpc) is 2.64. The average molecular weight is 260 g/mol. The molecule has 2 aliphatic heterocycles. The molecule has 0 bridgehead atoms. The number of nitrogens with zero attached hydrogens (tertiary/aromatic N) is 1. The summed E-state index contributed by atoms with van der Waals surface area (Å²) < 4.78 is 5.86. The Hall–Kier alpha value is -1.22. The van der Waals surface area contributed by atoms with Gasteiger partial charge < -0.3 is 10.1 Å². The highest BCUT2D eigenvalue weighted by molar-refractivity contribution is 5.61. The molecule has 1 aromatic rings. The zero-order valence-corrected chi connectivity index (χ0v) is 11.8. The second-order valence-corrected chi connectivity index (χ2v) is 5.88. The Bertz CT molecular complexity index is 433. The van der Waals surface area contributed by atoms with E-state index in [1.54, 1.807) is 0 Å². The Morgan fingerprint density at radius 1 is 1.32 bits per heavy atom. The van der Waals surface area contributed by atoms with Gasteiger partial charge >= 0.3 is 0 Å². The van der Waals surface area contributed by atoms with Crippen LogP contribution in [0.1, 0.15) is 31.7 Å². The van der Waals surface area contributed by atoms with E-state index in [0.29, 0.717) is 0 Å². The maximum Gasteiger partial charge on any atom is 0.146 e. The van der Waals surface area contributed by atoms with Crippen LogP contribution in [0.2, 0.25) is 0 Å². The van der Waals surface area contributed by atoms with E-state index >= 15 is 0 Å². The molecule has 1 unspecified atom stereocenters. The van der Waals surface area contributed by atoms with Crippen LogP contribution < -0.4 is 10.1 Å². The summed E-state index contributed by atoms with van der Waals surface area (Å²) in [5.74, 6) is 1.96. The van der Waals surface area contributed by atoms with Crippen LogP contribution in [-0.2, 0) is 6.54 Å². The van der Waals surface area contributed by atoms with Crippen molar-refractivity contribution in [1.29, 1.82) is 0 Å². The van der Waals surface area contributed by atoms with Crippen molar-refractivity contribution in [2.24, 2.45) is 5.92 Å². The van der Waals surface area contributed by atoms with E-state index in [1.807, 2.05) is 0 Å². The number of benzene rings is 1. The van der Waals surface area contributed by atoms with Gasteiger partial charge in [-0.2, -0.15) is 0 Å². The Morgan fingerprint density at radius 3 is 3.21 bits per heavy atom. The fourth-order valence-electron chi connectivity index (χ4n) is 3.08. The summed E-state index contributed by atoms with van der Waals surface area (Å²) >= 11 is 0. The van der Waals surface area contributed by atoms with Gasteiger partial charge in [0.2, 0.25) is 0 Å². The van der Waals surface area contributed by atoms with E-state index < -0.39 is 0 Å². The van der Waals surface area contributed by atoms with Crippen molar-refractivity contribution in [3.8, 4) is 5.75 Å². The molecular formula is C16H24N2O. The van der Waals surface area contributed by atoms with Crippen LogP contribution in [0.3, 0.4) is 0 Å². The van der Waals surface area contributed by atoms with Gasteiger partial charge in [-0.15, -0.1) is 0 Å². The van der Waals surface area contributed by atoms with E-state index in [-0.39, 0.29) is 0 Å². The molecule has 3 rings (SSSR count). The minimum Gasteiger partial charge on any atom is -0.489 e. The summed E-state index contributed by atoms with van der Waals surface area (Å²) in [6.07, 6.45) is 4.03. The highest BCUT2D eigenvalue weighted by atomic mass is 16.5. The smallest absolute Gasteiger partial charge is 0.146 e. The van der Waals surface area contributed by atoms with E-state index in [2.05, 4.69) is 35.3 Å². The predicted molar refractivity (Wildman–Crippen MR) is 78.7 cm³/mol. The maximum absolute atomic E-state index is 5.86. The Morgan fingerprint density at radius 2 is 2.26 bits per heavy atom. The third kappa shape index (κ3) is 3.03. The summed E-state index contributed by atoms with van der Waals surface area (Å²) in [5.41, 5.74) is 2.49. The molecule has 3 heteroatoms. The normalized spacial score (nSPS) is 23.9. The van der Waals surface area contributed by atoms with Gasteiger partial charge in [0.1, 0.15) is 12.4 Å². The number of rotatable bonds is 2. The van der Waals surface area contributed by atoms with Crippen LogP contribution in [0.4, 0.5) is 5.69 Å². The predicted octanol–water partition coefficient (Wildman–Crippen LogP) is 3.11. The van der Waals surface area contributed by atoms with Crippen molar-refractivity contribution in [3.05, 3.63) is 23.8 Å². The third-order valence-electron chi connectivity index (χ3n) is 4.26. The first kappa shape index (κ1) is 12.8. The summed E-state index contributed by atoms with van der Waals surface area (Å²) in [4.78, 5) is 2.58. The van der Waals surface area contributed by atoms with Crippen molar-refractivity contribution < 1.29 is 4.74 Å². The molecule has 1 atom stereocenters. The second-order valence-electron chi connectivity index (χ2n) is 5.88. The highest BCUT2D eigenvalue weighted by Crippen LogP contribution is 2.32. The van der Waals surface area contributed by atoms with Crippen molar-refractivity contribution >= 4 is 5.69 Å². The number of likely N-dealkylation sites (tertiary alicyclic amines) is 1. The van der Waals surface area contributed by atoms with Crippen molar-refractivity contribution in [2.45, 2.75) is 32.7 Å². The lowest BCUT2D eigenvalue weighted by Gasteiger charge is -2.25. The van der Waals surface area contributed by atoms with Crippen molar-refractivity contribution in [1.82, 2.24) is 4.90 Å². The third-order valence-corrected chi connectivity index (χ3v) is 4.26. The van der Waals surface area contributed by atoms with Gasteiger partial charge in [-0.05, 0) is 44.3 Å². The number of fused-ring (bicyclic) bond motifs is 1. The first-order valence-corrected chi connectivity index (χ1v) is 7.54. The zero-order valence-electron chi connectivity index (χ0n) is 11.8. The van der Waals surface area contributed by atoms with Gasteiger partial charge in [-0.25, -0.2) is 0 Å². The quantitative estimate of drug-likeness (QED) is 0.884. The van der Waals surface area contributed by atoms with E-state index in [9.17, 15) is 0 Å². The first-order valence-electron chi connectivity index (χ1n) is 7.54. The molecule has 0 aromatic heterocycles. The summed E-state index contributed by atoms with van der Waals surface area (Å²) in [6.45, 7) is 7.54. The molecule has 0 spiro atoms. The summed E-state index contributed by atoms with van der Waals surface area (Å²) in [5, 5.41) is 3.42. The van der Waals surface area contributed by atoms with Crippen LogP contribution >= 0.6 is 0 Å². The van der Waals surface area contributed by atoms with Gasteiger partial charge in [0, 0.05) is 18.7 Å². The number of ether oxygens (including phenoxy) is 1. The molecule has 1 saturated heterocycles. The molecule has 104 valence electrons. The van der Waals surface area contributed by atoms with Crippen molar-refractivity contribution in [2.75, 3.05) is 31.6 Å². The topological polar surface area (TPSA) is 24.5 Å². The highest BCUT2D eigenvalue weighted by Gasteiger charge is 2.18. The molecule has 3 nitrogen and oxygen atoms in total. The van der Waals surface area contributed by atoms with Gasteiger partial charge in [0.25, 0.3) is 0 Å². The molecule has 1 N–H and O–H groups in total. The monoisotopic (exact) mass is 260 g/mol. The van der Waals surface area contributed by atoms with Crippen LogP contribution in [0.25, 0.3) is 0 Å². The van der Waals surface area contributed by atoms with Gasteiger partial charge in [-0.3, -0.25) is 4.90 Å². The largest absolute Gasteiger partial charge is 0.489 e. The Labute approximate surface area is 115 Å². The fourth-order valence-corrected chi connectivity index (χ4v) is 3.08.